The number of nitrogens with one attached hydrogen (secondary N) is 1. The molecule has 6 nitrogen and oxygen atoms in total. The van der Waals surface area contributed by atoms with E-state index in [1.807, 2.05) is 26.8 Å². The van der Waals surface area contributed by atoms with Crippen LogP contribution in [0.3, 0.4) is 0 Å². The van der Waals surface area contributed by atoms with Crippen molar-refractivity contribution in [3.05, 3.63) is 11.6 Å². The molecule has 0 spiro atoms. The summed E-state index contributed by atoms with van der Waals surface area (Å²) in [6.45, 7) is 19.9. The van der Waals surface area contributed by atoms with Crippen molar-refractivity contribution in [1.82, 2.24) is 5.32 Å². The Hall–Kier alpha value is -2.00. The van der Waals surface area contributed by atoms with Gasteiger partial charge in [-0.05, 0) is 86.5 Å². The average molecular weight is 551 g/mol. The van der Waals surface area contributed by atoms with Gasteiger partial charge < -0.3 is 10.1 Å². The Morgan fingerprint density at radius 3 is 2.23 bits per heavy atom. The van der Waals surface area contributed by atoms with Gasteiger partial charge in [0.15, 0.2) is 11.6 Å². The van der Waals surface area contributed by atoms with Crippen LogP contribution in [0, 0.1) is 55.7 Å². The molecule has 6 heteroatoms. The second kappa shape index (κ2) is 8.76. The second-order valence-corrected chi connectivity index (χ2v) is 16.0. The average Bonchev–Trinajstić information content (AvgIpc) is 3.65. The van der Waals surface area contributed by atoms with Crippen molar-refractivity contribution in [2.24, 2.45) is 44.3 Å². The molecule has 220 valence electrons. The smallest absolute Gasteiger partial charge is 0.240 e. The molecule has 1 heterocycles. The van der Waals surface area contributed by atoms with Crippen LogP contribution in [0.15, 0.2) is 11.6 Å². The normalized spacial score (nSPS) is 44.3. The van der Waals surface area contributed by atoms with Crippen LogP contribution in [0.25, 0.3) is 0 Å². The monoisotopic (exact) mass is 550 g/mol. The molecular formula is C34H50N2O4. The molecule has 3 saturated carbocycles. The number of Topliss-reactive ketones (excluding diaryl/α,β-unsaturated/α-hetero) is 1. The summed E-state index contributed by atoms with van der Waals surface area (Å²) in [6.07, 6.45) is 8.41. The van der Waals surface area contributed by atoms with Crippen LogP contribution in [-0.2, 0) is 19.1 Å². The molecule has 1 aliphatic heterocycles. The van der Waals surface area contributed by atoms with E-state index < -0.39 is 27.9 Å². The third-order valence-electron chi connectivity index (χ3n) is 13.4. The zero-order valence-corrected chi connectivity index (χ0v) is 26.3. The third-order valence-corrected chi connectivity index (χ3v) is 13.4. The number of fused-ring (bicyclic) bond motifs is 5. The number of hydrogen-bond acceptors (Lipinski definition) is 5. The van der Waals surface area contributed by atoms with E-state index in [0.29, 0.717) is 6.54 Å². The number of ketones is 2. The van der Waals surface area contributed by atoms with Gasteiger partial charge in [0, 0.05) is 28.7 Å². The van der Waals surface area contributed by atoms with Crippen LogP contribution < -0.4 is 5.32 Å². The number of allylic oxidation sites excluding steroid dienone is 1. The summed E-state index contributed by atoms with van der Waals surface area (Å²) in [7, 11) is 0. The molecule has 7 atom stereocenters. The predicted molar refractivity (Wildman–Crippen MR) is 154 cm³/mol. The first-order valence-corrected chi connectivity index (χ1v) is 15.6. The number of amides is 1. The van der Waals surface area contributed by atoms with Gasteiger partial charge in [0.25, 0.3) is 0 Å². The maximum Gasteiger partial charge on any atom is 0.240 e. The fraction of sp³-hybridized carbons (Fsp3) is 0.824. The van der Waals surface area contributed by atoms with Crippen LogP contribution in [0.5, 0.6) is 0 Å². The van der Waals surface area contributed by atoms with E-state index in [1.165, 1.54) is 0 Å². The standard InChI is InChI=1S/C34H50N2O4/c1-10-36-27(39)33(16-13-28(3,4)14-17-33)18-15-30(7)21(2)22(37)19-24-31(30,8)12-11-23-29(5,6)25(38)34(20-35)26(40-34)32(23,24)9/h19,21,23,26H,10-18H2,1-9H3,(H,36,39)/t21?,23-,26+,30+,31+,32-,34-/m0/s1. The fourth-order valence-corrected chi connectivity index (χ4v) is 10.0. The van der Waals surface area contributed by atoms with Gasteiger partial charge in [-0.1, -0.05) is 61.0 Å². The highest BCUT2D eigenvalue weighted by atomic mass is 16.6. The molecule has 0 aromatic rings. The highest BCUT2D eigenvalue weighted by Crippen LogP contribution is 2.75. The molecule has 1 amide bonds. The highest BCUT2D eigenvalue weighted by molar-refractivity contribution is 6.01. The van der Waals surface area contributed by atoms with Gasteiger partial charge in [0.1, 0.15) is 12.2 Å². The first-order valence-electron chi connectivity index (χ1n) is 15.6. The topological polar surface area (TPSA) is 99.6 Å². The SMILES string of the molecule is CCNC(=O)C1(CC[C@]2(C)C(C)C(=O)C=C3[C@@]4(C)[C@H]5O[C@@]5(C#N)C(=O)C(C)(C)[C@@H]4CC[C@]32C)CCC(C)(C)CC1. The van der Waals surface area contributed by atoms with Gasteiger partial charge in [-0.3, -0.25) is 14.4 Å². The number of carbonyl (C=O) groups excluding carboxylic acids is 3. The van der Waals surface area contributed by atoms with Gasteiger partial charge in [-0.15, -0.1) is 0 Å². The van der Waals surface area contributed by atoms with Crippen LogP contribution in [0.1, 0.15) is 114 Å². The van der Waals surface area contributed by atoms with E-state index in [4.69, 9.17) is 4.74 Å². The van der Waals surface area contributed by atoms with Crippen molar-refractivity contribution in [3.8, 4) is 6.07 Å². The van der Waals surface area contributed by atoms with E-state index >= 15 is 0 Å². The molecule has 5 aliphatic rings. The lowest BCUT2D eigenvalue weighted by atomic mass is 9.37. The summed E-state index contributed by atoms with van der Waals surface area (Å²) in [6, 6.07) is 2.24. The van der Waals surface area contributed by atoms with Gasteiger partial charge in [0.05, 0.1) is 0 Å². The molecule has 0 bridgehead atoms. The molecule has 4 fully saturated rings. The Morgan fingerprint density at radius 1 is 1.02 bits per heavy atom. The molecule has 0 aromatic heterocycles. The highest BCUT2D eigenvalue weighted by Gasteiger charge is 2.82. The molecule has 0 aromatic carbocycles. The molecule has 4 aliphatic carbocycles. The van der Waals surface area contributed by atoms with Gasteiger partial charge in [-0.2, -0.15) is 5.26 Å². The van der Waals surface area contributed by atoms with Crippen LogP contribution in [-0.4, -0.2) is 35.7 Å². The largest absolute Gasteiger partial charge is 0.356 e. The molecular weight excluding hydrogens is 500 g/mol. The molecule has 0 radical (unpaired) electrons. The number of nitrogens with zero attached hydrogens (tertiary/aromatic N) is 1. The van der Waals surface area contributed by atoms with Crippen LogP contribution in [0.2, 0.25) is 0 Å². The fourth-order valence-electron chi connectivity index (χ4n) is 10.0. The Labute approximate surface area is 241 Å². The van der Waals surface area contributed by atoms with E-state index in [0.717, 1.165) is 56.9 Å². The summed E-state index contributed by atoms with van der Waals surface area (Å²) in [4.78, 5) is 41.0. The quantitative estimate of drug-likeness (QED) is 0.403. The van der Waals surface area contributed by atoms with Crippen molar-refractivity contribution < 1.29 is 19.1 Å². The van der Waals surface area contributed by atoms with E-state index in [1.54, 1.807) is 0 Å². The third kappa shape index (κ3) is 3.58. The van der Waals surface area contributed by atoms with Crippen LogP contribution >= 0.6 is 0 Å². The Kier molecular flexibility index (Phi) is 6.46. The zero-order valence-electron chi connectivity index (χ0n) is 26.3. The molecule has 1 N–H and O–H groups in total. The lowest BCUT2D eigenvalue weighted by Crippen LogP contribution is -2.64. The van der Waals surface area contributed by atoms with Crippen LogP contribution in [0.4, 0.5) is 0 Å². The summed E-state index contributed by atoms with van der Waals surface area (Å²) in [5, 5.41) is 13.3. The van der Waals surface area contributed by atoms with Gasteiger partial charge >= 0.3 is 0 Å². The molecule has 1 saturated heterocycles. The molecule has 1 unspecified atom stereocenters. The minimum Gasteiger partial charge on any atom is -0.356 e. The predicted octanol–water partition coefficient (Wildman–Crippen LogP) is 6.33. The van der Waals surface area contributed by atoms with Crippen molar-refractivity contribution in [1.29, 1.82) is 5.26 Å². The second-order valence-electron chi connectivity index (χ2n) is 16.0. The van der Waals surface area contributed by atoms with Gasteiger partial charge in [-0.25, -0.2) is 0 Å². The minimum absolute atomic E-state index is 0.00601. The first-order chi connectivity index (χ1) is 18.4. The maximum absolute atomic E-state index is 13.8. The van der Waals surface area contributed by atoms with Crippen molar-refractivity contribution in [2.75, 3.05) is 6.54 Å². The number of rotatable bonds is 5. The minimum atomic E-state index is -1.41. The lowest BCUT2D eigenvalue weighted by molar-refractivity contribution is -0.147. The number of ether oxygens (including phenoxy) is 1. The number of hydrogen-bond donors (Lipinski definition) is 1. The number of nitriles is 1. The maximum atomic E-state index is 13.8. The molecule has 5 rings (SSSR count). The molecule has 40 heavy (non-hydrogen) atoms. The number of carbonyl (C=O) groups is 3. The summed E-state index contributed by atoms with van der Waals surface area (Å²) < 4.78 is 6.09. The Balaban J connectivity index is 1.54. The Bertz CT molecular complexity index is 1210. The summed E-state index contributed by atoms with van der Waals surface area (Å²) >= 11 is 0. The summed E-state index contributed by atoms with van der Waals surface area (Å²) in [5.41, 5.74) is -2.50. The van der Waals surface area contributed by atoms with E-state index in [-0.39, 0.29) is 45.6 Å². The van der Waals surface area contributed by atoms with Crippen molar-refractivity contribution in [2.45, 2.75) is 125 Å². The summed E-state index contributed by atoms with van der Waals surface area (Å²) in [5.74, 6) is -0.0216. The Morgan fingerprint density at radius 2 is 1.65 bits per heavy atom. The van der Waals surface area contributed by atoms with Crippen molar-refractivity contribution in [3.63, 3.8) is 0 Å². The van der Waals surface area contributed by atoms with E-state index in [2.05, 4.69) is 52.9 Å². The number of epoxide rings is 1. The first kappa shape index (κ1) is 29.5. The van der Waals surface area contributed by atoms with Crippen molar-refractivity contribution >= 4 is 17.5 Å². The van der Waals surface area contributed by atoms with Gasteiger partial charge in [0.2, 0.25) is 11.5 Å². The van der Waals surface area contributed by atoms with E-state index in [9.17, 15) is 19.6 Å². The lowest BCUT2D eigenvalue weighted by Gasteiger charge is -2.65. The zero-order chi connectivity index (χ0) is 29.7.